The van der Waals surface area contributed by atoms with Crippen molar-refractivity contribution < 1.29 is 23.5 Å². The van der Waals surface area contributed by atoms with Crippen molar-refractivity contribution in [3.05, 3.63) is 66.2 Å². The fraction of sp³-hybridized carbons (Fsp3) is 0.200. The molecule has 0 bridgehead atoms. The molecule has 0 radical (unpaired) electrons. The van der Waals surface area contributed by atoms with Gasteiger partial charge in [-0.25, -0.2) is 0 Å². The molecule has 7 nitrogen and oxygen atoms in total. The average molecular weight is 430 g/mol. The summed E-state index contributed by atoms with van der Waals surface area (Å²) in [6, 6.07) is 18.1. The van der Waals surface area contributed by atoms with Crippen molar-refractivity contribution >= 4 is 45.1 Å². The van der Waals surface area contributed by atoms with E-state index in [2.05, 4.69) is 10.6 Å². The number of carbonyl (C=O) groups excluding carboxylic acids is 2. The molecule has 162 valence electrons. The molecule has 2 amide bonds. The van der Waals surface area contributed by atoms with Gasteiger partial charge in [0.1, 0.15) is 23.0 Å². The topological polar surface area (TPSA) is 89.8 Å². The van der Waals surface area contributed by atoms with Crippen LogP contribution in [-0.2, 0) is 9.53 Å². The Bertz CT molecular complexity index is 1320. The second-order valence-electron chi connectivity index (χ2n) is 7.67. The number of hydrogen-bond donors (Lipinski definition) is 2. The van der Waals surface area contributed by atoms with E-state index in [9.17, 15) is 9.59 Å². The van der Waals surface area contributed by atoms with E-state index in [1.54, 1.807) is 37.4 Å². The third kappa shape index (κ3) is 3.78. The van der Waals surface area contributed by atoms with Gasteiger partial charge in [0.2, 0.25) is 0 Å². The van der Waals surface area contributed by atoms with Crippen LogP contribution < -0.4 is 15.4 Å². The molecular formula is C25H22N2O5. The van der Waals surface area contributed by atoms with Gasteiger partial charge >= 0.3 is 0 Å². The number of methoxy groups -OCH3 is 1. The number of para-hydroxylation sites is 1. The summed E-state index contributed by atoms with van der Waals surface area (Å²) < 4.78 is 16.9. The number of ether oxygens (including phenoxy) is 2. The molecule has 0 saturated carbocycles. The highest BCUT2D eigenvalue weighted by atomic mass is 16.5. The summed E-state index contributed by atoms with van der Waals surface area (Å²) in [6.07, 6.45) is 1.14. The van der Waals surface area contributed by atoms with Crippen LogP contribution in [0.2, 0.25) is 0 Å². The van der Waals surface area contributed by atoms with Crippen molar-refractivity contribution in [1.82, 2.24) is 0 Å². The van der Waals surface area contributed by atoms with Crippen molar-refractivity contribution in [1.29, 1.82) is 0 Å². The maximum absolute atomic E-state index is 13.0. The first-order valence-corrected chi connectivity index (χ1v) is 10.5. The molecule has 1 aliphatic heterocycles. The highest BCUT2D eigenvalue weighted by Gasteiger charge is 2.23. The molecule has 1 atom stereocenters. The van der Waals surface area contributed by atoms with E-state index in [4.69, 9.17) is 13.9 Å². The highest BCUT2D eigenvalue weighted by Crippen LogP contribution is 2.36. The zero-order valence-corrected chi connectivity index (χ0v) is 17.5. The van der Waals surface area contributed by atoms with Gasteiger partial charge in [-0.2, -0.15) is 0 Å². The van der Waals surface area contributed by atoms with Gasteiger partial charge in [-0.05, 0) is 43.2 Å². The molecule has 1 unspecified atom stereocenters. The van der Waals surface area contributed by atoms with Gasteiger partial charge in [-0.3, -0.25) is 9.59 Å². The predicted molar refractivity (Wildman–Crippen MR) is 122 cm³/mol. The molecule has 2 N–H and O–H groups in total. The molecule has 0 aliphatic carbocycles. The summed E-state index contributed by atoms with van der Waals surface area (Å²) >= 11 is 0. The quantitative estimate of drug-likeness (QED) is 0.467. The Hall–Kier alpha value is -3.84. The van der Waals surface area contributed by atoms with Crippen LogP contribution in [0.3, 0.4) is 0 Å². The number of amides is 2. The zero-order chi connectivity index (χ0) is 22.1. The Morgan fingerprint density at radius 2 is 1.84 bits per heavy atom. The first-order valence-electron chi connectivity index (χ1n) is 10.5. The minimum absolute atomic E-state index is 0.197. The number of fused-ring (bicyclic) bond motifs is 3. The Balaban J connectivity index is 1.39. The standard InChI is InChI=1S/C25H22N2O5/c1-30-23-13-18-17-8-2-3-9-20(17)32-22(18)14-19(23)27-24(28)15-6-4-7-16(12-15)26-25(29)21-10-5-11-31-21/h2-4,6-9,12-14,21H,5,10-11H2,1H3,(H,26,29)(H,27,28). The van der Waals surface area contributed by atoms with E-state index >= 15 is 0 Å². The fourth-order valence-corrected chi connectivity index (χ4v) is 3.96. The number of hydrogen-bond acceptors (Lipinski definition) is 5. The fourth-order valence-electron chi connectivity index (χ4n) is 3.96. The minimum atomic E-state index is -0.438. The Labute approximate surface area is 184 Å². The molecule has 5 rings (SSSR count). The van der Waals surface area contributed by atoms with Gasteiger partial charge < -0.3 is 24.5 Å². The van der Waals surface area contributed by atoms with Gasteiger partial charge in [0.15, 0.2) is 0 Å². The van der Waals surface area contributed by atoms with Gasteiger partial charge in [0.25, 0.3) is 11.8 Å². The summed E-state index contributed by atoms with van der Waals surface area (Å²) in [7, 11) is 1.56. The maximum atomic E-state index is 13.0. The number of rotatable bonds is 5. The lowest BCUT2D eigenvalue weighted by Crippen LogP contribution is -2.27. The highest BCUT2D eigenvalue weighted by molar-refractivity contribution is 6.10. The number of carbonyl (C=O) groups is 2. The van der Waals surface area contributed by atoms with Gasteiger partial charge in [-0.1, -0.05) is 24.3 Å². The van der Waals surface area contributed by atoms with Crippen molar-refractivity contribution in [3.63, 3.8) is 0 Å². The lowest BCUT2D eigenvalue weighted by Gasteiger charge is -2.13. The van der Waals surface area contributed by atoms with E-state index in [-0.39, 0.29) is 11.8 Å². The largest absolute Gasteiger partial charge is 0.495 e. The Morgan fingerprint density at radius 1 is 0.969 bits per heavy atom. The van der Waals surface area contributed by atoms with Crippen LogP contribution in [-0.4, -0.2) is 31.6 Å². The van der Waals surface area contributed by atoms with E-state index < -0.39 is 6.10 Å². The number of nitrogens with one attached hydrogen (secondary N) is 2. The second kappa shape index (κ2) is 8.36. The summed E-state index contributed by atoms with van der Waals surface area (Å²) in [5.41, 5.74) is 2.86. The molecule has 1 fully saturated rings. The van der Waals surface area contributed by atoms with Crippen molar-refractivity contribution in [2.45, 2.75) is 18.9 Å². The zero-order valence-electron chi connectivity index (χ0n) is 17.5. The van der Waals surface area contributed by atoms with E-state index in [1.807, 2.05) is 30.3 Å². The predicted octanol–water partition coefficient (Wildman–Crippen LogP) is 4.96. The number of benzene rings is 3. The normalized spacial score (nSPS) is 15.7. The summed E-state index contributed by atoms with van der Waals surface area (Å²) in [5, 5.41) is 7.60. The minimum Gasteiger partial charge on any atom is -0.495 e. The van der Waals surface area contributed by atoms with Gasteiger partial charge in [-0.15, -0.1) is 0 Å². The molecule has 2 heterocycles. The lowest BCUT2D eigenvalue weighted by molar-refractivity contribution is -0.124. The van der Waals surface area contributed by atoms with Gasteiger partial charge in [0, 0.05) is 34.7 Å². The van der Waals surface area contributed by atoms with Crippen LogP contribution in [0.25, 0.3) is 21.9 Å². The van der Waals surface area contributed by atoms with Crippen molar-refractivity contribution in [2.24, 2.45) is 0 Å². The van der Waals surface area contributed by atoms with Crippen molar-refractivity contribution in [3.8, 4) is 5.75 Å². The molecule has 1 saturated heterocycles. The van der Waals surface area contributed by atoms with E-state index in [0.717, 1.165) is 22.8 Å². The lowest BCUT2D eigenvalue weighted by atomic mass is 10.1. The van der Waals surface area contributed by atoms with E-state index in [0.29, 0.717) is 41.3 Å². The SMILES string of the molecule is COc1cc2c(cc1NC(=O)c1cccc(NC(=O)C3CCCO3)c1)oc1ccccc12. The second-order valence-corrected chi connectivity index (χ2v) is 7.67. The number of anilines is 2. The number of furan rings is 1. The maximum Gasteiger partial charge on any atom is 0.255 e. The third-order valence-corrected chi connectivity index (χ3v) is 5.56. The molecule has 4 aromatic rings. The molecule has 3 aromatic carbocycles. The smallest absolute Gasteiger partial charge is 0.255 e. The van der Waals surface area contributed by atoms with Crippen LogP contribution in [0.15, 0.2) is 65.1 Å². The monoisotopic (exact) mass is 430 g/mol. The average Bonchev–Trinajstić information content (AvgIpc) is 3.46. The summed E-state index contributed by atoms with van der Waals surface area (Å²) in [4.78, 5) is 25.3. The Morgan fingerprint density at radius 3 is 2.66 bits per heavy atom. The van der Waals surface area contributed by atoms with Crippen LogP contribution in [0.1, 0.15) is 23.2 Å². The molecule has 1 aliphatic rings. The molecular weight excluding hydrogens is 408 g/mol. The molecule has 0 spiro atoms. The van der Waals surface area contributed by atoms with Crippen LogP contribution in [0.4, 0.5) is 11.4 Å². The van der Waals surface area contributed by atoms with Crippen molar-refractivity contribution in [2.75, 3.05) is 24.4 Å². The summed E-state index contributed by atoms with van der Waals surface area (Å²) in [5.74, 6) is 0.00397. The molecule has 7 heteroatoms. The molecule has 1 aromatic heterocycles. The first-order chi connectivity index (χ1) is 15.6. The van der Waals surface area contributed by atoms with E-state index in [1.165, 1.54) is 0 Å². The molecule has 32 heavy (non-hydrogen) atoms. The Kier molecular flexibility index (Phi) is 5.25. The third-order valence-electron chi connectivity index (χ3n) is 5.56. The van der Waals surface area contributed by atoms with Gasteiger partial charge in [0.05, 0.1) is 12.8 Å². The van der Waals surface area contributed by atoms with Crippen LogP contribution >= 0.6 is 0 Å². The summed E-state index contributed by atoms with van der Waals surface area (Å²) in [6.45, 7) is 0.595. The van der Waals surface area contributed by atoms with Crippen LogP contribution in [0.5, 0.6) is 5.75 Å². The van der Waals surface area contributed by atoms with Crippen LogP contribution in [0, 0.1) is 0 Å². The first kappa shape index (κ1) is 20.1.